The molecule has 0 unspecified atom stereocenters. The molecule has 0 aliphatic carbocycles. The molecule has 0 saturated carbocycles. The quantitative estimate of drug-likeness (QED) is 0.755. The van der Waals surface area contributed by atoms with Crippen LogP contribution >= 0.6 is 0 Å². The third-order valence-corrected chi connectivity index (χ3v) is 4.05. The van der Waals surface area contributed by atoms with E-state index in [-0.39, 0.29) is 12.5 Å². The summed E-state index contributed by atoms with van der Waals surface area (Å²) in [7, 11) is 0. The van der Waals surface area contributed by atoms with E-state index in [2.05, 4.69) is 5.32 Å². The fourth-order valence-corrected chi connectivity index (χ4v) is 2.71. The van der Waals surface area contributed by atoms with E-state index in [1.54, 1.807) is 55.7 Å². The first-order valence-electron chi connectivity index (χ1n) is 8.78. The molecule has 1 N–H and O–H groups in total. The fraction of sp³-hybridized carbons (Fsp3) is 0.350. The van der Waals surface area contributed by atoms with Gasteiger partial charge in [0.15, 0.2) is 0 Å². The number of esters is 2. The third kappa shape index (κ3) is 4.97. The number of carbonyl (C=O) groups excluding carboxylic acids is 3. The molecule has 2 rings (SSSR count). The molecule has 1 aromatic carbocycles. The highest BCUT2D eigenvalue weighted by Crippen LogP contribution is 2.17. The molecule has 144 valence electrons. The largest absolute Gasteiger partial charge is 0.462 e. The van der Waals surface area contributed by atoms with Gasteiger partial charge in [0.1, 0.15) is 6.54 Å². The second-order valence-corrected chi connectivity index (χ2v) is 5.94. The molecule has 0 aliphatic heterocycles. The number of amides is 1. The zero-order valence-electron chi connectivity index (χ0n) is 16.0. The molecular weight excluding hydrogens is 348 g/mol. The van der Waals surface area contributed by atoms with E-state index >= 15 is 0 Å². The summed E-state index contributed by atoms with van der Waals surface area (Å²) in [6.07, 6.45) is 0. The van der Waals surface area contributed by atoms with Crippen molar-refractivity contribution in [2.45, 2.75) is 34.2 Å². The van der Waals surface area contributed by atoms with Crippen LogP contribution in [0.4, 0.5) is 5.69 Å². The summed E-state index contributed by atoms with van der Waals surface area (Å²) in [6, 6.07) is 8.19. The molecule has 0 bridgehead atoms. The molecule has 1 amide bonds. The normalized spacial score (nSPS) is 10.4. The summed E-state index contributed by atoms with van der Waals surface area (Å²) in [6.45, 7) is 7.77. The summed E-state index contributed by atoms with van der Waals surface area (Å²) in [5.74, 6) is -1.04. The number of aromatic nitrogens is 1. The Balaban J connectivity index is 2.06. The third-order valence-electron chi connectivity index (χ3n) is 4.05. The van der Waals surface area contributed by atoms with Crippen molar-refractivity contribution in [3.05, 3.63) is 52.8 Å². The molecule has 0 spiro atoms. The van der Waals surface area contributed by atoms with Crippen molar-refractivity contribution in [1.82, 2.24) is 4.57 Å². The number of nitrogens with zero attached hydrogens (tertiary/aromatic N) is 1. The zero-order chi connectivity index (χ0) is 20.0. The molecule has 0 fully saturated rings. The molecule has 27 heavy (non-hydrogen) atoms. The summed E-state index contributed by atoms with van der Waals surface area (Å²) < 4.78 is 11.7. The van der Waals surface area contributed by atoms with Gasteiger partial charge in [-0.2, -0.15) is 0 Å². The number of ether oxygens (including phenoxy) is 2. The Morgan fingerprint density at radius 2 is 1.56 bits per heavy atom. The average molecular weight is 372 g/mol. The summed E-state index contributed by atoms with van der Waals surface area (Å²) in [5, 5.41) is 2.78. The van der Waals surface area contributed by atoms with E-state index in [0.717, 1.165) is 5.69 Å². The number of aryl methyl sites for hydroxylation is 1. The van der Waals surface area contributed by atoms with Crippen LogP contribution in [0.5, 0.6) is 0 Å². The van der Waals surface area contributed by atoms with E-state index in [4.69, 9.17) is 9.47 Å². The summed E-state index contributed by atoms with van der Waals surface area (Å²) >= 11 is 0. The molecule has 2 aromatic rings. The lowest BCUT2D eigenvalue weighted by Gasteiger charge is -2.11. The lowest BCUT2D eigenvalue weighted by Crippen LogP contribution is -2.20. The lowest BCUT2D eigenvalue weighted by atomic mass is 10.2. The molecule has 7 heteroatoms. The van der Waals surface area contributed by atoms with E-state index in [9.17, 15) is 14.4 Å². The van der Waals surface area contributed by atoms with Crippen LogP contribution in [0.3, 0.4) is 0 Å². The highest BCUT2D eigenvalue weighted by atomic mass is 16.5. The van der Waals surface area contributed by atoms with Gasteiger partial charge in [0.05, 0.1) is 24.3 Å². The molecule has 0 radical (unpaired) electrons. The van der Waals surface area contributed by atoms with Gasteiger partial charge in [-0.3, -0.25) is 4.79 Å². The Labute approximate surface area is 158 Å². The van der Waals surface area contributed by atoms with Gasteiger partial charge < -0.3 is 19.4 Å². The second-order valence-electron chi connectivity index (χ2n) is 5.94. The minimum Gasteiger partial charge on any atom is -0.462 e. The predicted molar refractivity (Wildman–Crippen MR) is 101 cm³/mol. The monoisotopic (exact) mass is 372 g/mol. The lowest BCUT2D eigenvalue weighted by molar-refractivity contribution is -0.116. The minimum atomic E-state index is -0.402. The van der Waals surface area contributed by atoms with E-state index in [0.29, 0.717) is 35.7 Å². The number of nitrogens with one attached hydrogen (secondary N) is 1. The van der Waals surface area contributed by atoms with E-state index in [1.165, 1.54) is 0 Å². The maximum Gasteiger partial charge on any atom is 0.339 e. The summed E-state index contributed by atoms with van der Waals surface area (Å²) in [4.78, 5) is 36.0. The van der Waals surface area contributed by atoms with Crippen molar-refractivity contribution in [2.24, 2.45) is 0 Å². The number of hydrogen-bond donors (Lipinski definition) is 1. The van der Waals surface area contributed by atoms with Gasteiger partial charge in [-0.05, 0) is 58.0 Å². The second kappa shape index (κ2) is 9.02. The average Bonchev–Trinajstić information content (AvgIpc) is 2.91. The molecular formula is C20H24N2O5. The number of rotatable bonds is 7. The van der Waals surface area contributed by atoms with Gasteiger partial charge in [-0.25, -0.2) is 9.59 Å². The van der Waals surface area contributed by atoms with Crippen LogP contribution in [0.25, 0.3) is 0 Å². The standard InChI is InChI=1S/C20H24N2O5/c1-5-26-19(24)15-7-9-16(10-8-15)21-18(23)12-22-13(3)11-17(14(22)4)20(25)27-6-2/h7-11H,5-6,12H2,1-4H3,(H,21,23). The first-order chi connectivity index (χ1) is 12.9. The maximum absolute atomic E-state index is 12.4. The topological polar surface area (TPSA) is 86.6 Å². The van der Waals surface area contributed by atoms with Gasteiger partial charge in [0.2, 0.25) is 5.91 Å². The highest BCUT2D eigenvalue weighted by molar-refractivity contribution is 5.94. The van der Waals surface area contributed by atoms with Gasteiger partial charge in [-0.15, -0.1) is 0 Å². The minimum absolute atomic E-state index is 0.0662. The van der Waals surface area contributed by atoms with Crippen molar-refractivity contribution < 1.29 is 23.9 Å². The van der Waals surface area contributed by atoms with Crippen molar-refractivity contribution >= 4 is 23.5 Å². The van der Waals surface area contributed by atoms with E-state index in [1.807, 2.05) is 6.92 Å². The predicted octanol–water partition coefficient (Wildman–Crippen LogP) is 3.10. The Bertz CT molecular complexity index is 837. The molecule has 7 nitrogen and oxygen atoms in total. The van der Waals surface area contributed by atoms with Gasteiger partial charge >= 0.3 is 11.9 Å². The van der Waals surface area contributed by atoms with Crippen LogP contribution in [0.2, 0.25) is 0 Å². The van der Waals surface area contributed by atoms with Crippen LogP contribution in [0.1, 0.15) is 46.0 Å². The zero-order valence-corrected chi connectivity index (χ0v) is 16.0. The van der Waals surface area contributed by atoms with Gasteiger partial charge in [-0.1, -0.05) is 0 Å². The van der Waals surface area contributed by atoms with E-state index < -0.39 is 11.9 Å². The maximum atomic E-state index is 12.4. The van der Waals surface area contributed by atoms with Crippen LogP contribution < -0.4 is 5.32 Å². The molecule has 1 aromatic heterocycles. The Morgan fingerprint density at radius 3 is 2.15 bits per heavy atom. The van der Waals surface area contributed by atoms with Crippen molar-refractivity contribution in [1.29, 1.82) is 0 Å². The van der Waals surface area contributed by atoms with Crippen molar-refractivity contribution in [3.8, 4) is 0 Å². The fourth-order valence-electron chi connectivity index (χ4n) is 2.71. The Hall–Kier alpha value is -3.09. The number of carbonyl (C=O) groups is 3. The molecule has 1 heterocycles. The van der Waals surface area contributed by atoms with Gasteiger partial charge in [0.25, 0.3) is 0 Å². The molecule has 0 atom stereocenters. The number of benzene rings is 1. The van der Waals surface area contributed by atoms with Gasteiger partial charge in [0, 0.05) is 17.1 Å². The SMILES string of the molecule is CCOC(=O)c1ccc(NC(=O)Cn2c(C)cc(C(=O)OCC)c2C)cc1. The first-order valence-corrected chi connectivity index (χ1v) is 8.78. The van der Waals surface area contributed by atoms with Crippen molar-refractivity contribution in [3.63, 3.8) is 0 Å². The summed E-state index contributed by atoms with van der Waals surface area (Å²) in [5.41, 5.74) is 2.93. The van der Waals surface area contributed by atoms with Crippen LogP contribution in [-0.2, 0) is 20.8 Å². The van der Waals surface area contributed by atoms with Crippen molar-refractivity contribution in [2.75, 3.05) is 18.5 Å². The van der Waals surface area contributed by atoms with Crippen LogP contribution in [-0.4, -0.2) is 35.6 Å². The highest BCUT2D eigenvalue weighted by Gasteiger charge is 2.18. The molecule has 0 saturated heterocycles. The Morgan fingerprint density at radius 1 is 0.963 bits per heavy atom. The van der Waals surface area contributed by atoms with Crippen LogP contribution in [0.15, 0.2) is 30.3 Å². The number of hydrogen-bond acceptors (Lipinski definition) is 5. The molecule has 0 aliphatic rings. The smallest absolute Gasteiger partial charge is 0.339 e. The number of anilines is 1. The first kappa shape index (κ1) is 20.2. The Kier molecular flexibility index (Phi) is 6.76. The van der Waals surface area contributed by atoms with Crippen LogP contribution in [0, 0.1) is 13.8 Å².